The largest absolute Gasteiger partial charge is 0.461 e. The van der Waals surface area contributed by atoms with Crippen LogP contribution in [0.1, 0.15) is 44.3 Å². The van der Waals surface area contributed by atoms with E-state index in [0.29, 0.717) is 6.42 Å². The summed E-state index contributed by atoms with van der Waals surface area (Å²) in [4.78, 5) is 14.2. The smallest absolute Gasteiger partial charge is 0.323 e. The van der Waals surface area contributed by atoms with E-state index in [4.69, 9.17) is 4.74 Å². The summed E-state index contributed by atoms with van der Waals surface area (Å²) in [6.07, 6.45) is 3.14. The highest BCUT2D eigenvalue weighted by Crippen LogP contribution is 2.32. The summed E-state index contributed by atoms with van der Waals surface area (Å²) >= 11 is 0. The Kier molecular flexibility index (Phi) is 4.27. The van der Waals surface area contributed by atoms with Crippen LogP contribution in [-0.2, 0) is 9.53 Å². The molecule has 1 N–H and O–H groups in total. The third kappa shape index (κ3) is 3.11. The molecule has 2 aliphatic rings. The average Bonchev–Trinajstić information content (AvgIpc) is 3.05. The zero-order valence-corrected chi connectivity index (χ0v) is 12.4. The second-order valence-corrected chi connectivity index (χ2v) is 6.20. The molecule has 0 spiro atoms. The predicted octanol–water partition coefficient (Wildman–Crippen LogP) is 2.28. The van der Waals surface area contributed by atoms with Crippen molar-refractivity contribution in [2.45, 2.75) is 56.9 Å². The summed E-state index contributed by atoms with van der Waals surface area (Å²) in [5.74, 6) is -0.0939. The minimum atomic E-state index is -0.466. The number of carbonyl (C=O) groups excluding carboxylic acids is 1. The van der Waals surface area contributed by atoms with E-state index < -0.39 is 6.10 Å². The van der Waals surface area contributed by atoms with Gasteiger partial charge in [0, 0.05) is 12.5 Å². The number of rotatable bonds is 4. The average molecular weight is 289 g/mol. The molecule has 0 aliphatic carbocycles. The Balaban J connectivity index is 1.66. The zero-order chi connectivity index (χ0) is 14.8. The van der Waals surface area contributed by atoms with Gasteiger partial charge < -0.3 is 9.84 Å². The fraction of sp³-hybridized carbons (Fsp3) is 0.588. The maximum Gasteiger partial charge on any atom is 0.323 e. The number of ether oxygens (including phenoxy) is 1. The molecule has 0 saturated carbocycles. The first-order valence-corrected chi connectivity index (χ1v) is 7.84. The maximum atomic E-state index is 11.9. The van der Waals surface area contributed by atoms with Gasteiger partial charge >= 0.3 is 5.97 Å². The Morgan fingerprint density at radius 1 is 1.38 bits per heavy atom. The fourth-order valence-electron chi connectivity index (χ4n) is 3.60. The molecule has 1 aromatic rings. The van der Waals surface area contributed by atoms with Gasteiger partial charge in [-0.2, -0.15) is 0 Å². The Morgan fingerprint density at radius 3 is 2.81 bits per heavy atom. The Bertz CT molecular complexity index is 490. The summed E-state index contributed by atoms with van der Waals surface area (Å²) in [6.45, 7) is 2.88. The fourth-order valence-corrected chi connectivity index (χ4v) is 3.60. The van der Waals surface area contributed by atoms with Crippen LogP contribution in [0.15, 0.2) is 30.3 Å². The minimum Gasteiger partial charge on any atom is -0.461 e. The van der Waals surface area contributed by atoms with Gasteiger partial charge in [0.05, 0.1) is 6.10 Å². The van der Waals surface area contributed by atoms with Gasteiger partial charge in [0.2, 0.25) is 0 Å². The Hall–Kier alpha value is -1.39. The molecule has 2 aliphatic heterocycles. The molecule has 0 unspecified atom stereocenters. The number of nitrogens with zero attached hydrogens (tertiary/aromatic N) is 1. The Labute approximate surface area is 125 Å². The van der Waals surface area contributed by atoms with Gasteiger partial charge in [-0.1, -0.05) is 30.3 Å². The van der Waals surface area contributed by atoms with Crippen molar-refractivity contribution in [1.29, 1.82) is 0 Å². The first-order valence-electron chi connectivity index (χ1n) is 7.84. The van der Waals surface area contributed by atoms with E-state index >= 15 is 0 Å². The van der Waals surface area contributed by atoms with E-state index in [0.717, 1.165) is 31.4 Å². The lowest BCUT2D eigenvalue weighted by atomic mass is 9.99. The molecule has 4 heteroatoms. The highest BCUT2D eigenvalue weighted by atomic mass is 16.6. The molecule has 3 rings (SSSR count). The van der Waals surface area contributed by atoms with E-state index in [1.54, 1.807) is 0 Å². The molecule has 1 aromatic carbocycles. The summed E-state index contributed by atoms with van der Waals surface area (Å²) < 4.78 is 5.28. The molecule has 21 heavy (non-hydrogen) atoms. The third-order valence-corrected chi connectivity index (χ3v) is 4.65. The number of aliphatic hydroxyl groups excluding tert-OH is 1. The van der Waals surface area contributed by atoms with E-state index in [9.17, 15) is 9.90 Å². The van der Waals surface area contributed by atoms with Crippen molar-refractivity contribution in [1.82, 2.24) is 4.90 Å². The van der Waals surface area contributed by atoms with Crippen molar-refractivity contribution in [3.63, 3.8) is 0 Å². The van der Waals surface area contributed by atoms with Crippen LogP contribution in [0, 0.1) is 0 Å². The molecule has 0 amide bonds. The molecule has 0 radical (unpaired) electrons. The van der Waals surface area contributed by atoms with Crippen molar-refractivity contribution in [3.05, 3.63) is 35.9 Å². The molecule has 114 valence electrons. The van der Waals surface area contributed by atoms with Crippen molar-refractivity contribution in [2.75, 3.05) is 6.54 Å². The summed E-state index contributed by atoms with van der Waals surface area (Å²) in [5.41, 5.74) is 0.951. The number of hydrogen-bond donors (Lipinski definition) is 1. The van der Waals surface area contributed by atoms with Gasteiger partial charge in [-0.25, -0.2) is 0 Å². The first kappa shape index (κ1) is 14.5. The van der Waals surface area contributed by atoms with Crippen LogP contribution < -0.4 is 0 Å². The molecule has 4 atom stereocenters. The molecule has 2 heterocycles. The van der Waals surface area contributed by atoms with E-state index in [1.807, 2.05) is 37.3 Å². The number of benzene rings is 1. The Morgan fingerprint density at radius 2 is 2.14 bits per heavy atom. The number of carbonyl (C=O) groups is 1. The first-order chi connectivity index (χ1) is 10.1. The lowest BCUT2D eigenvalue weighted by Crippen LogP contribution is -2.42. The van der Waals surface area contributed by atoms with Crippen LogP contribution in [0.5, 0.6) is 0 Å². The number of cyclic esters (lactones) is 1. The van der Waals surface area contributed by atoms with Gasteiger partial charge in [-0.3, -0.25) is 9.69 Å². The number of likely N-dealkylation sites (tertiary alicyclic amines) is 1. The third-order valence-electron chi connectivity index (χ3n) is 4.65. The van der Waals surface area contributed by atoms with Crippen LogP contribution in [0.4, 0.5) is 0 Å². The van der Waals surface area contributed by atoms with Gasteiger partial charge in [0.25, 0.3) is 0 Å². The number of aliphatic hydroxyl groups is 1. The van der Waals surface area contributed by atoms with Crippen LogP contribution >= 0.6 is 0 Å². The highest BCUT2D eigenvalue weighted by Gasteiger charge is 2.41. The normalized spacial score (nSPS) is 31.3. The van der Waals surface area contributed by atoms with Crippen molar-refractivity contribution < 1.29 is 14.6 Å². The quantitative estimate of drug-likeness (QED) is 0.864. The van der Waals surface area contributed by atoms with Crippen LogP contribution in [0.3, 0.4) is 0 Å². The molecule has 4 nitrogen and oxygen atoms in total. The van der Waals surface area contributed by atoms with Crippen LogP contribution in [0.25, 0.3) is 0 Å². The van der Waals surface area contributed by atoms with E-state index in [1.165, 1.54) is 0 Å². The lowest BCUT2D eigenvalue weighted by Gasteiger charge is -2.29. The second kappa shape index (κ2) is 6.16. The molecule has 0 aromatic heterocycles. The summed E-state index contributed by atoms with van der Waals surface area (Å²) in [5, 5.41) is 10.4. The van der Waals surface area contributed by atoms with Gasteiger partial charge in [0.1, 0.15) is 12.1 Å². The van der Waals surface area contributed by atoms with Crippen molar-refractivity contribution in [2.24, 2.45) is 0 Å². The molecular formula is C17H23NO3. The van der Waals surface area contributed by atoms with Gasteiger partial charge in [-0.05, 0) is 38.3 Å². The van der Waals surface area contributed by atoms with Crippen LogP contribution in [0.2, 0.25) is 0 Å². The summed E-state index contributed by atoms with van der Waals surface area (Å²) in [6, 6.07) is 9.90. The van der Waals surface area contributed by atoms with Gasteiger partial charge in [0.15, 0.2) is 0 Å². The maximum absolute atomic E-state index is 11.9. The number of hydrogen-bond acceptors (Lipinski definition) is 4. The van der Waals surface area contributed by atoms with Crippen molar-refractivity contribution in [3.8, 4) is 0 Å². The van der Waals surface area contributed by atoms with E-state index in [-0.39, 0.29) is 24.2 Å². The molecule has 0 bridgehead atoms. The van der Waals surface area contributed by atoms with Crippen molar-refractivity contribution >= 4 is 5.97 Å². The topological polar surface area (TPSA) is 49.8 Å². The number of esters is 1. The molecule has 2 saturated heterocycles. The monoisotopic (exact) mass is 289 g/mol. The van der Waals surface area contributed by atoms with Gasteiger partial charge in [-0.15, -0.1) is 0 Å². The minimum absolute atomic E-state index is 0.0165. The standard InChI is InChI=1S/C17H23NO3/c1-12-10-15(17(20)21-12)18-9-5-8-14(18)11-16(19)13-6-3-2-4-7-13/h2-4,6-7,12,14-16,19H,5,8-11H2,1H3/t12-,14+,15+,16+/m1/s1. The van der Waals surface area contributed by atoms with E-state index in [2.05, 4.69) is 4.90 Å². The zero-order valence-electron chi connectivity index (χ0n) is 12.4. The predicted molar refractivity (Wildman–Crippen MR) is 79.7 cm³/mol. The highest BCUT2D eigenvalue weighted by molar-refractivity contribution is 5.78. The summed E-state index contributed by atoms with van der Waals surface area (Å²) in [7, 11) is 0. The second-order valence-electron chi connectivity index (χ2n) is 6.20. The molecular weight excluding hydrogens is 266 g/mol. The molecule has 2 fully saturated rings. The lowest BCUT2D eigenvalue weighted by molar-refractivity contribution is -0.145. The SMILES string of the molecule is C[C@@H]1C[C@H](N2CCC[C@H]2C[C@H](O)c2ccccc2)C(=O)O1. The van der Waals surface area contributed by atoms with Crippen LogP contribution in [-0.4, -0.2) is 40.7 Å².